The average Bonchev–Trinajstić information content (AvgIpc) is 3.26. The van der Waals surface area contributed by atoms with Gasteiger partial charge in [-0.1, -0.05) is 6.92 Å². The molecule has 0 saturated carbocycles. The molecule has 2 aromatic carbocycles. The summed E-state index contributed by atoms with van der Waals surface area (Å²) in [5.74, 6) is 2.20. The molecule has 1 aliphatic rings. The molecule has 9 nitrogen and oxygen atoms in total. The number of fused-ring (bicyclic) bond motifs is 2. The summed E-state index contributed by atoms with van der Waals surface area (Å²) in [5.41, 5.74) is 3.99. The fourth-order valence-electron chi connectivity index (χ4n) is 4.76. The molecule has 1 aliphatic heterocycles. The molecule has 0 bridgehead atoms. The Morgan fingerprint density at radius 1 is 1.08 bits per heavy atom. The number of aromatic nitrogens is 6. The van der Waals surface area contributed by atoms with Crippen LogP contribution in [-0.2, 0) is 7.05 Å². The van der Waals surface area contributed by atoms with Gasteiger partial charge in [0.2, 0.25) is 5.95 Å². The maximum absolute atomic E-state index is 15.2. The van der Waals surface area contributed by atoms with Gasteiger partial charge in [0.15, 0.2) is 5.82 Å². The van der Waals surface area contributed by atoms with Crippen LogP contribution in [0.3, 0.4) is 0 Å². The van der Waals surface area contributed by atoms with Gasteiger partial charge in [0.25, 0.3) is 0 Å². The van der Waals surface area contributed by atoms with Gasteiger partial charge in [0, 0.05) is 32.3 Å². The summed E-state index contributed by atoms with van der Waals surface area (Å²) in [5, 5.41) is 3.11. The van der Waals surface area contributed by atoms with Crippen LogP contribution in [-0.4, -0.2) is 42.6 Å². The number of nitrogens with zero attached hydrogens (tertiary/aromatic N) is 7. The van der Waals surface area contributed by atoms with Crippen LogP contribution in [0.1, 0.15) is 25.3 Å². The third kappa shape index (κ3) is 4.50. The number of nitrogens with one attached hydrogen (secondary N) is 1. The molecule has 4 heterocycles. The van der Waals surface area contributed by atoms with Crippen LogP contribution in [0.4, 0.5) is 21.8 Å². The Labute approximate surface area is 213 Å². The van der Waals surface area contributed by atoms with Crippen LogP contribution in [0, 0.1) is 18.7 Å². The quantitative estimate of drug-likeness (QED) is 0.338. The Bertz CT molecular complexity index is 1620. The summed E-state index contributed by atoms with van der Waals surface area (Å²) in [7, 11) is 1.93. The lowest BCUT2D eigenvalue weighted by atomic mass is 10.0. The maximum atomic E-state index is 15.2. The van der Waals surface area contributed by atoms with E-state index in [1.165, 1.54) is 18.8 Å². The Kier molecular flexibility index (Phi) is 5.78. The molecule has 3 aromatic heterocycles. The Morgan fingerprint density at radius 3 is 2.84 bits per heavy atom. The van der Waals surface area contributed by atoms with Gasteiger partial charge in [0.05, 0.1) is 29.2 Å². The second kappa shape index (κ2) is 9.27. The van der Waals surface area contributed by atoms with Crippen molar-refractivity contribution >= 4 is 39.5 Å². The Hall–Kier alpha value is -4.34. The van der Waals surface area contributed by atoms with Gasteiger partial charge in [-0.2, -0.15) is 0 Å². The van der Waals surface area contributed by atoms with Crippen molar-refractivity contribution < 1.29 is 9.13 Å². The molecule has 0 spiro atoms. The number of anilines is 3. The van der Waals surface area contributed by atoms with Crippen molar-refractivity contribution in [2.24, 2.45) is 13.0 Å². The molecule has 1 saturated heterocycles. The van der Waals surface area contributed by atoms with Crippen molar-refractivity contribution in [2.75, 3.05) is 23.3 Å². The summed E-state index contributed by atoms with van der Waals surface area (Å²) in [4.78, 5) is 24.5. The summed E-state index contributed by atoms with van der Waals surface area (Å²) >= 11 is 0. The molecule has 37 heavy (non-hydrogen) atoms. The van der Waals surface area contributed by atoms with Crippen molar-refractivity contribution in [1.82, 2.24) is 29.5 Å². The number of hydrogen-bond donors (Lipinski definition) is 1. The summed E-state index contributed by atoms with van der Waals surface area (Å²) in [6.07, 6.45) is 7.18. The number of benzene rings is 2. The lowest BCUT2D eigenvalue weighted by Gasteiger charge is -2.30. The van der Waals surface area contributed by atoms with Gasteiger partial charge >= 0.3 is 0 Å². The maximum Gasteiger partial charge on any atom is 0.226 e. The highest BCUT2D eigenvalue weighted by Gasteiger charge is 2.20. The van der Waals surface area contributed by atoms with Gasteiger partial charge in [0.1, 0.15) is 34.7 Å². The zero-order chi connectivity index (χ0) is 25.5. The van der Waals surface area contributed by atoms with Gasteiger partial charge in [-0.3, -0.25) is 0 Å². The topological polar surface area (TPSA) is 93.9 Å². The number of hydrogen-bond acceptors (Lipinski definition) is 8. The number of piperidine rings is 1. The summed E-state index contributed by atoms with van der Waals surface area (Å²) < 4.78 is 23.2. The van der Waals surface area contributed by atoms with Crippen LogP contribution in [0.5, 0.6) is 11.5 Å². The number of aryl methyl sites for hydroxylation is 2. The zero-order valence-corrected chi connectivity index (χ0v) is 20.9. The third-order valence-corrected chi connectivity index (χ3v) is 6.75. The highest BCUT2D eigenvalue weighted by atomic mass is 19.1. The predicted octanol–water partition coefficient (Wildman–Crippen LogP) is 5.53. The molecule has 1 unspecified atom stereocenters. The van der Waals surface area contributed by atoms with Gasteiger partial charge in [-0.05, 0) is 49.4 Å². The van der Waals surface area contributed by atoms with Crippen molar-refractivity contribution in [3.8, 4) is 11.5 Å². The van der Waals surface area contributed by atoms with Crippen molar-refractivity contribution in [3.05, 3.63) is 60.6 Å². The smallest absolute Gasteiger partial charge is 0.226 e. The minimum absolute atomic E-state index is 0.275. The number of halogens is 1. The monoisotopic (exact) mass is 498 g/mol. The predicted molar refractivity (Wildman–Crippen MR) is 141 cm³/mol. The lowest BCUT2D eigenvalue weighted by Crippen LogP contribution is -2.35. The minimum atomic E-state index is -0.467. The number of imidazole rings is 1. The van der Waals surface area contributed by atoms with E-state index in [2.05, 4.69) is 37.1 Å². The van der Waals surface area contributed by atoms with Crippen LogP contribution < -0.4 is 15.0 Å². The molecule has 6 rings (SSSR count). The van der Waals surface area contributed by atoms with Gasteiger partial charge in [-0.25, -0.2) is 29.3 Å². The summed E-state index contributed by atoms with van der Waals surface area (Å²) in [6.45, 7) is 5.92. The van der Waals surface area contributed by atoms with E-state index in [9.17, 15) is 0 Å². The fraction of sp³-hybridized carbons (Fsp3) is 0.296. The highest BCUT2D eigenvalue weighted by molar-refractivity contribution is 5.87. The first-order chi connectivity index (χ1) is 17.9. The molecule has 188 valence electrons. The second-order valence-electron chi connectivity index (χ2n) is 9.65. The van der Waals surface area contributed by atoms with Crippen molar-refractivity contribution in [2.45, 2.75) is 26.7 Å². The van der Waals surface area contributed by atoms with E-state index < -0.39 is 5.82 Å². The molecular weight excluding hydrogens is 471 g/mol. The van der Waals surface area contributed by atoms with Crippen molar-refractivity contribution in [3.63, 3.8) is 0 Å². The van der Waals surface area contributed by atoms with E-state index >= 15 is 4.39 Å². The standard InChI is InChI=1S/C27H27FN8O/c1-16-5-4-8-36(13-16)27-29-12-22-25(34-27)26(31-14-30-22)33-20-9-17(2)24(11-19(20)28)37-18-6-7-23-21(10-18)32-15-35(23)3/h6-7,9-12,14-16H,4-5,8,13H2,1-3H3,(H,30,31,33). The molecule has 0 aliphatic carbocycles. The van der Waals surface area contributed by atoms with E-state index in [1.54, 1.807) is 18.6 Å². The van der Waals surface area contributed by atoms with Gasteiger partial charge in [-0.15, -0.1) is 0 Å². The van der Waals surface area contributed by atoms with Crippen LogP contribution in [0.2, 0.25) is 0 Å². The molecule has 0 amide bonds. The molecule has 0 radical (unpaired) electrons. The Balaban J connectivity index is 1.28. The average molecular weight is 499 g/mol. The zero-order valence-electron chi connectivity index (χ0n) is 20.9. The first kappa shape index (κ1) is 23.1. The molecule has 5 aromatic rings. The van der Waals surface area contributed by atoms with E-state index in [0.29, 0.717) is 40.2 Å². The molecule has 10 heteroatoms. The first-order valence-electron chi connectivity index (χ1n) is 12.3. The van der Waals surface area contributed by atoms with Gasteiger partial charge < -0.3 is 19.5 Å². The number of ether oxygens (including phenoxy) is 1. The van der Waals surface area contributed by atoms with E-state index in [1.807, 2.05) is 36.7 Å². The molecular formula is C27H27FN8O. The fourth-order valence-corrected chi connectivity index (χ4v) is 4.76. The third-order valence-electron chi connectivity index (χ3n) is 6.75. The molecule has 1 fully saturated rings. The minimum Gasteiger partial charge on any atom is -0.457 e. The van der Waals surface area contributed by atoms with E-state index in [0.717, 1.165) is 36.1 Å². The van der Waals surface area contributed by atoms with E-state index in [4.69, 9.17) is 9.72 Å². The largest absolute Gasteiger partial charge is 0.457 e. The first-order valence-corrected chi connectivity index (χ1v) is 12.3. The molecule has 1 atom stereocenters. The highest BCUT2D eigenvalue weighted by Crippen LogP contribution is 2.33. The number of rotatable bonds is 5. The second-order valence-corrected chi connectivity index (χ2v) is 9.65. The SMILES string of the molecule is Cc1cc(Nc2ncnc3cnc(N4CCCC(C)C4)nc23)c(F)cc1Oc1ccc2c(c1)ncn2C. The molecule has 1 N–H and O–H groups in total. The normalized spacial score (nSPS) is 15.9. The lowest BCUT2D eigenvalue weighted by molar-refractivity contribution is 0.442. The van der Waals surface area contributed by atoms with Crippen LogP contribution in [0.25, 0.3) is 22.1 Å². The Morgan fingerprint density at radius 2 is 1.97 bits per heavy atom. The van der Waals surface area contributed by atoms with E-state index in [-0.39, 0.29) is 5.69 Å². The summed E-state index contributed by atoms with van der Waals surface area (Å²) in [6, 6.07) is 8.69. The van der Waals surface area contributed by atoms with Crippen LogP contribution in [0.15, 0.2) is 49.2 Å². The van der Waals surface area contributed by atoms with Crippen molar-refractivity contribution in [1.29, 1.82) is 0 Å². The van der Waals surface area contributed by atoms with Crippen LogP contribution >= 0.6 is 0 Å².